The number of nitrogens with zero attached hydrogens (tertiary/aromatic N) is 4. The van der Waals surface area contributed by atoms with Crippen molar-refractivity contribution in [2.24, 2.45) is 0 Å². The molecule has 2 aromatic rings. The van der Waals surface area contributed by atoms with Crippen LogP contribution >= 0.6 is 11.6 Å². The van der Waals surface area contributed by atoms with Crippen LogP contribution in [0.5, 0.6) is 0 Å². The Morgan fingerprint density at radius 3 is 2.40 bits per heavy atom. The SMILES string of the molecule is Nc1nc(Cl)nc(NN(c2ccccc2)S(=O)(=O)O)n1. The number of hydrogen-bond donors (Lipinski definition) is 3. The van der Waals surface area contributed by atoms with Crippen LogP contribution in [0, 0.1) is 0 Å². The van der Waals surface area contributed by atoms with E-state index in [-0.39, 0.29) is 22.9 Å². The number of rotatable bonds is 4. The first-order chi connectivity index (χ1) is 9.36. The molecule has 11 heteroatoms. The number of nitrogens with one attached hydrogen (secondary N) is 1. The second-order valence-corrected chi connectivity index (χ2v) is 5.07. The average molecular weight is 317 g/mol. The van der Waals surface area contributed by atoms with Crippen LogP contribution in [0.4, 0.5) is 17.6 Å². The van der Waals surface area contributed by atoms with Gasteiger partial charge in [0.15, 0.2) is 0 Å². The van der Waals surface area contributed by atoms with Gasteiger partial charge in [0.05, 0.1) is 5.69 Å². The lowest BCUT2D eigenvalue weighted by Crippen LogP contribution is -2.36. The minimum absolute atomic E-state index is 0.144. The standard InChI is InChI=1S/C9H9ClN6O3S/c10-7-12-8(11)14-9(13-7)15-16(20(17,18)19)6-4-2-1-3-5-6/h1-5H,(H,17,18,19)(H3,11,12,13,14,15). The van der Waals surface area contributed by atoms with Crippen molar-refractivity contribution < 1.29 is 13.0 Å². The molecule has 1 aromatic heterocycles. The monoisotopic (exact) mass is 316 g/mol. The summed E-state index contributed by atoms with van der Waals surface area (Å²) >= 11 is 5.58. The molecule has 0 spiro atoms. The van der Waals surface area contributed by atoms with Gasteiger partial charge in [-0.3, -0.25) is 4.55 Å². The van der Waals surface area contributed by atoms with E-state index in [0.717, 1.165) is 0 Å². The summed E-state index contributed by atoms with van der Waals surface area (Å²) in [7, 11) is -4.60. The lowest BCUT2D eigenvalue weighted by molar-refractivity contribution is 0.480. The third-order valence-corrected chi connectivity index (χ3v) is 2.98. The molecule has 0 atom stereocenters. The first-order valence-electron chi connectivity index (χ1n) is 5.13. The minimum Gasteiger partial charge on any atom is -0.368 e. The number of aromatic nitrogens is 3. The number of benzene rings is 1. The molecule has 20 heavy (non-hydrogen) atoms. The molecule has 0 unspecified atom stereocenters. The van der Waals surface area contributed by atoms with Crippen molar-refractivity contribution in [3.05, 3.63) is 35.6 Å². The molecule has 9 nitrogen and oxygen atoms in total. The Morgan fingerprint density at radius 1 is 1.20 bits per heavy atom. The van der Waals surface area contributed by atoms with E-state index in [0.29, 0.717) is 4.41 Å². The molecule has 0 fully saturated rings. The van der Waals surface area contributed by atoms with E-state index in [1.807, 2.05) is 0 Å². The number of halogens is 1. The summed E-state index contributed by atoms with van der Waals surface area (Å²) in [6, 6.07) is 7.76. The highest BCUT2D eigenvalue weighted by Gasteiger charge is 2.21. The maximum atomic E-state index is 11.4. The molecule has 0 bridgehead atoms. The van der Waals surface area contributed by atoms with Crippen LogP contribution < -0.4 is 15.6 Å². The molecule has 4 N–H and O–H groups in total. The van der Waals surface area contributed by atoms with Gasteiger partial charge in [0.25, 0.3) is 0 Å². The molecule has 0 saturated carbocycles. The van der Waals surface area contributed by atoms with Gasteiger partial charge < -0.3 is 5.73 Å². The van der Waals surface area contributed by atoms with Crippen molar-refractivity contribution in [1.29, 1.82) is 0 Å². The largest absolute Gasteiger partial charge is 0.377 e. The predicted molar refractivity (Wildman–Crippen MR) is 73.3 cm³/mol. The molecular weight excluding hydrogens is 308 g/mol. The summed E-state index contributed by atoms with van der Waals surface area (Å²) in [6.07, 6.45) is 0. The fourth-order valence-corrected chi connectivity index (χ4v) is 2.08. The Hall–Kier alpha value is -2.17. The van der Waals surface area contributed by atoms with Gasteiger partial charge >= 0.3 is 10.3 Å². The van der Waals surface area contributed by atoms with E-state index >= 15 is 0 Å². The second-order valence-electron chi connectivity index (χ2n) is 3.48. The highest BCUT2D eigenvalue weighted by molar-refractivity contribution is 7.87. The average Bonchev–Trinajstić information content (AvgIpc) is 2.34. The summed E-state index contributed by atoms with van der Waals surface area (Å²) in [5, 5.41) is -0.219. The van der Waals surface area contributed by atoms with Gasteiger partial charge in [-0.05, 0) is 23.7 Å². The number of anilines is 3. The third-order valence-electron chi connectivity index (χ3n) is 2.05. The summed E-state index contributed by atoms with van der Waals surface area (Å²) < 4.78 is 32.5. The molecule has 0 saturated heterocycles. The first-order valence-corrected chi connectivity index (χ1v) is 6.90. The predicted octanol–water partition coefficient (Wildman–Crippen LogP) is 0.743. The molecule has 0 radical (unpaired) electrons. The van der Waals surface area contributed by atoms with Crippen molar-refractivity contribution in [3.8, 4) is 0 Å². The van der Waals surface area contributed by atoms with Crippen LogP contribution in [-0.2, 0) is 10.3 Å². The summed E-state index contributed by atoms with van der Waals surface area (Å²) in [6.45, 7) is 0. The lowest BCUT2D eigenvalue weighted by Gasteiger charge is -2.21. The van der Waals surface area contributed by atoms with E-state index in [9.17, 15) is 13.0 Å². The Labute approximate surface area is 119 Å². The topological polar surface area (TPSA) is 134 Å². The van der Waals surface area contributed by atoms with Gasteiger partial charge in [-0.2, -0.15) is 27.8 Å². The fourth-order valence-electron chi connectivity index (χ4n) is 1.33. The van der Waals surface area contributed by atoms with E-state index < -0.39 is 10.3 Å². The molecule has 0 aliphatic rings. The zero-order chi connectivity index (χ0) is 14.8. The van der Waals surface area contributed by atoms with Crippen molar-refractivity contribution in [1.82, 2.24) is 15.0 Å². The Balaban J connectivity index is 2.39. The number of hydrogen-bond acceptors (Lipinski definition) is 7. The van der Waals surface area contributed by atoms with E-state index in [2.05, 4.69) is 20.4 Å². The molecule has 0 amide bonds. The zero-order valence-corrected chi connectivity index (χ0v) is 11.4. The van der Waals surface area contributed by atoms with Crippen LogP contribution in [0.25, 0.3) is 0 Å². The van der Waals surface area contributed by atoms with E-state index in [1.165, 1.54) is 12.1 Å². The van der Waals surface area contributed by atoms with Crippen molar-refractivity contribution in [3.63, 3.8) is 0 Å². The fraction of sp³-hybridized carbons (Fsp3) is 0. The molecular formula is C9H9ClN6O3S. The summed E-state index contributed by atoms with van der Waals surface area (Å²) in [5.41, 5.74) is 7.79. The van der Waals surface area contributed by atoms with Crippen molar-refractivity contribution in [2.75, 3.05) is 15.6 Å². The quantitative estimate of drug-likeness (QED) is 0.555. The van der Waals surface area contributed by atoms with Gasteiger partial charge in [0.2, 0.25) is 17.2 Å². The molecule has 1 aromatic carbocycles. The maximum Gasteiger partial charge on any atom is 0.377 e. The second kappa shape index (κ2) is 5.45. The first kappa shape index (κ1) is 14.2. The number of nitrogen functional groups attached to an aromatic ring is 1. The smallest absolute Gasteiger partial charge is 0.368 e. The van der Waals surface area contributed by atoms with Crippen LogP contribution in [0.1, 0.15) is 0 Å². The van der Waals surface area contributed by atoms with Crippen LogP contribution in [0.15, 0.2) is 30.3 Å². The van der Waals surface area contributed by atoms with E-state index in [4.69, 9.17) is 17.3 Å². The zero-order valence-electron chi connectivity index (χ0n) is 9.80. The molecule has 106 valence electrons. The minimum atomic E-state index is -4.60. The van der Waals surface area contributed by atoms with Crippen molar-refractivity contribution in [2.45, 2.75) is 0 Å². The lowest BCUT2D eigenvalue weighted by atomic mass is 10.3. The number of nitrogens with two attached hydrogens (primary N) is 1. The van der Waals surface area contributed by atoms with E-state index in [1.54, 1.807) is 18.2 Å². The molecule has 0 aliphatic heterocycles. The Morgan fingerprint density at radius 2 is 1.85 bits per heavy atom. The van der Waals surface area contributed by atoms with Gasteiger partial charge in [-0.25, -0.2) is 5.43 Å². The highest BCUT2D eigenvalue weighted by atomic mass is 35.5. The van der Waals surface area contributed by atoms with Crippen LogP contribution in [0.2, 0.25) is 5.28 Å². The van der Waals surface area contributed by atoms with Crippen LogP contribution in [-0.4, -0.2) is 27.9 Å². The third kappa shape index (κ3) is 3.44. The van der Waals surface area contributed by atoms with Gasteiger partial charge in [0.1, 0.15) is 0 Å². The molecule has 1 heterocycles. The Kier molecular flexibility index (Phi) is 3.88. The maximum absolute atomic E-state index is 11.4. The number of hydrazine groups is 1. The van der Waals surface area contributed by atoms with Crippen molar-refractivity contribution >= 4 is 39.5 Å². The normalized spacial score (nSPS) is 11.1. The van der Waals surface area contributed by atoms with Crippen LogP contribution in [0.3, 0.4) is 0 Å². The number of para-hydroxylation sites is 1. The molecule has 2 rings (SSSR count). The summed E-state index contributed by atoms with van der Waals surface area (Å²) in [4.78, 5) is 10.8. The van der Waals surface area contributed by atoms with Gasteiger partial charge in [0, 0.05) is 0 Å². The van der Waals surface area contributed by atoms with Gasteiger partial charge in [-0.1, -0.05) is 18.2 Å². The highest BCUT2D eigenvalue weighted by Crippen LogP contribution is 2.17. The summed E-state index contributed by atoms with van der Waals surface area (Å²) in [5.74, 6) is -0.431. The Bertz CT molecular complexity index is 691. The van der Waals surface area contributed by atoms with Gasteiger partial charge in [-0.15, -0.1) is 0 Å². The molecule has 0 aliphatic carbocycles.